The first-order valence-corrected chi connectivity index (χ1v) is 10.4. The van der Waals surface area contributed by atoms with Crippen molar-refractivity contribution in [3.05, 3.63) is 86.1 Å². The first-order valence-electron chi connectivity index (χ1n) is 10.4. The Morgan fingerprint density at radius 2 is 1.63 bits per heavy atom. The van der Waals surface area contributed by atoms with E-state index in [9.17, 15) is 20.0 Å². The van der Waals surface area contributed by atoms with Gasteiger partial charge in [-0.25, -0.2) is 0 Å². The molecule has 0 fully saturated rings. The quantitative estimate of drug-likeness (QED) is 0.218. The monoisotopic (exact) mass is 475 g/mol. The van der Waals surface area contributed by atoms with Crippen molar-refractivity contribution < 1.29 is 28.7 Å². The van der Waals surface area contributed by atoms with Gasteiger partial charge in [-0.2, -0.15) is 0 Å². The number of hydrogen-bond donors (Lipinski definition) is 1. The van der Waals surface area contributed by atoms with Crippen LogP contribution >= 0.6 is 0 Å². The van der Waals surface area contributed by atoms with Crippen molar-refractivity contribution in [1.29, 1.82) is 0 Å². The third-order valence-corrected chi connectivity index (χ3v) is 5.42. The van der Waals surface area contributed by atoms with E-state index < -0.39 is 16.1 Å². The summed E-state index contributed by atoms with van der Waals surface area (Å²) in [4.78, 5) is 23.4. The molecule has 1 N–H and O–H groups in total. The zero-order valence-corrected chi connectivity index (χ0v) is 19.1. The Kier molecular flexibility index (Phi) is 6.41. The minimum atomic E-state index is -0.798. The molecule has 0 bridgehead atoms. The van der Waals surface area contributed by atoms with Crippen molar-refractivity contribution in [2.24, 2.45) is 0 Å². The molecule has 0 aliphatic carbocycles. The Labute approximate surface area is 199 Å². The second kappa shape index (κ2) is 9.60. The Morgan fingerprint density at radius 3 is 2.26 bits per heavy atom. The van der Waals surface area contributed by atoms with Crippen LogP contribution in [0.2, 0.25) is 0 Å². The van der Waals surface area contributed by atoms with Gasteiger partial charge in [0.1, 0.15) is 22.8 Å². The van der Waals surface area contributed by atoms with Gasteiger partial charge in [0.05, 0.1) is 37.2 Å². The standard InChI is InChI=1S/C26H21NO8/c1-32-18-9-5-15(6-10-18)4-7-16-12-19(33-2)14-22(34-3)23(16)26-25(29)24(28)20-13-17(27(30)31)8-11-21(20)35-26/h4-14,29H,1-3H3. The van der Waals surface area contributed by atoms with Gasteiger partial charge in [0.15, 0.2) is 5.76 Å². The largest absolute Gasteiger partial charge is 0.502 e. The summed E-state index contributed by atoms with van der Waals surface area (Å²) in [5.41, 5.74) is 0.714. The molecule has 0 radical (unpaired) electrons. The van der Waals surface area contributed by atoms with Crippen molar-refractivity contribution in [2.75, 3.05) is 21.3 Å². The van der Waals surface area contributed by atoms with Crippen LogP contribution in [0.3, 0.4) is 0 Å². The molecule has 9 heteroatoms. The molecule has 0 amide bonds. The normalized spacial score (nSPS) is 11.1. The fourth-order valence-corrected chi connectivity index (χ4v) is 3.62. The smallest absolute Gasteiger partial charge is 0.270 e. The van der Waals surface area contributed by atoms with Crippen LogP contribution in [-0.2, 0) is 0 Å². The zero-order chi connectivity index (χ0) is 25.1. The lowest BCUT2D eigenvalue weighted by molar-refractivity contribution is -0.384. The number of aromatic hydroxyl groups is 1. The third-order valence-electron chi connectivity index (χ3n) is 5.42. The van der Waals surface area contributed by atoms with Gasteiger partial charge in [-0.15, -0.1) is 0 Å². The molecular formula is C26H21NO8. The van der Waals surface area contributed by atoms with Gasteiger partial charge >= 0.3 is 0 Å². The second-order valence-corrected chi connectivity index (χ2v) is 7.45. The molecule has 0 saturated carbocycles. The van der Waals surface area contributed by atoms with Crippen LogP contribution in [-0.4, -0.2) is 31.4 Å². The van der Waals surface area contributed by atoms with E-state index in [1.54, 1.807) is 25.3 Å². The maximum atomic E-state index is 12.9. The van der Waals surface area contributed by atoms with Crippen LogP contribution in [0.1, 0.15) is 11.1 Å². The van der Waals surface area contributed by atoms with E-state index >= 15 is 0 Å². The second-order valence-electron chi connectivity index (χ2n) is 7.45. The number of nitrogens with zero attached hydrogens (tertiary/aromatic N) is 1. The Morgan fingerprint density at radius 1 is 0.914 bits per heavy atom. The molecule has 0 aliphatic rings. The van der Waals surface area contributed by atoms with Gasteiger partial charge in [-0.3, -0.25) is 14.9 Å². The molecule has 1 aromatic heterocycles. The van der Waals surface area contributed by atoms with E-state index in [4.69, 9.17) is 18.6 Å². The molecular weight excluding hydrogens is 454 g/mol. The Hall–Kier alpha value is -4.79. The first-order chi connectivity index (χ1) is 16.9. The predicted octanol–water partition coefficient (Wildman–Crippen LogP) is 5.27. The molecule has 1 heterocycles. The summed E-state index contributed by atoms with van der Waals surface area (Å²) in [5.74, 6) is 0.663. The molecule has 0 unspecified atom stereocenters. The Bertz CT molecular complexity index is 1500. The van der Waals surface area contributed by atoms with Crippen molar-refractivity contribution in [3.63, 3.8) is 0 Å². The van der Waals surface area contributed by atoms with Crippen LogP contribution in [0, 0.1) is 10.1 Å². The lowest BCUT2D eigenvalue weighted by Gasteiger charge is -2.15. The molecule has 4 rings (SSSR count). The van der Waals surface area contributed by atoms with E-state index in [1.165, 1.54) is 26.4 Å². The minimum absolute atomic E-state index is 0.0800. The summed E-state index contributed by atoms with van der Waals surface area (Å²) < 4.78 is 22.0. The van der Waals surface area contributed by atoms with Gasteiger partial charge in [0.2, 0.25) is 11.2 Å². The molecule has 9 nitrogen and oxygen atoms in total. The lowest BCUT2D eigenvalue weighted by Crippen LogP contribution is -2.04. The van der Waals surface area contributed by atoms with Gasteiger partial charge in [-0.1, -0.05) is 24.3 Å². The van der Waals surface area contributed by atoms with Crippen molar-refractivity contribution in [2.45, 2.75) is 0 Å². The number of ether oxygens (including phenoxy) is 3. The zero-order valence-electron chi connectivity index (χ0n) is 19.1. The average molecular weight is 475 g/mol. The summed E-state index contributed by atoms with van der Waals surface area (Å²) in [6, 6.07) is 14.3. The number of benzene rings is 3. The number of non-ortho nitro benzene ring substituents is 1. The Balaban J connectivity index is 1.93. The fourth-order valence-electron chi connectivity index (χ4n) is 3.62. The number of methoxy groups -OCH3 is 3. The third kappa shape index (κ3) is 4.51. The molecule has 3 aromatic carbocycles. The topological polar surface area (TPSA) is 121 Å². The molecule has 0 spiro atoms. The number of hydrogen-bond acceptors (Lipinski definition) is 8. The maximum absolute atomic E-state index is 12.9. The first kappa shape index (κ1) is 23.4. The number of fused-ring (bicyclic) bond motifs is 1. The van der Waals surface area contributed by atoms with E-state index in [1.807, 2.05) is 30.3 Å². The van der Waals surface area contributed by atoms with E-state index in [2.05, 4.69) is 0 Å². The van der Waals surface area contributed by atoms with E-state index in [-0.39, 0.29) is 22.4 Å². The van der Waals surface area contributed by atoms with E-state index in [0.717, 1.165) is 11.6 Å². The average Bonchev–Trinajstić information content (AvgIpc) is 2.89. The van der Waals surface area contributed by atoms with Gasteiger partial charge < -0.3 is 23.7 Å². The SMILES string of the molecule is COc1ccc(C=Cc2cc(OC)cc(OC)c2-c2oc3ccc([N+](=O)[O-])cc3c(=O)c2O)cc1. The van der Waals surface area contributed by atoms with Crippen LogP contribution in [0.25, 0.3) is 34.4 Å². The van der Waals surface area contributed by atoms with Gasteiger partial charge in [0.25, 0.3) is 5.69 Å². The summed E-state index contributed by atoms with van der Waals surface area (Å²) in [5, 5.41) is 21.8. The molecule has 0 saturated heterocycles. The molecule has 4 aromatic rings. The molecule has 0 atom stereocenters. The van der Waals surface area contributed by atoms with Crippen LogP contribution in [0.15, 0.2) is 63.8 Å². The number of rotatable bonds is 7. The number of nitro groups is 1. The van der Waals surface area contributed by atoms with Gasteiger partial charge in [0, 0.05) is 18.2 Å². The van der Waals surface area contributed by atoms with Crippen LogP contribution in [0.4, 0.5) is 5.69 Å². The van der Waals surface area contributed by atoms with Crippen LogP contribution in [0.5, 0.6) is 23.0 Å². The maximum Gasteiger partial charge on any atom is 0.270 e. The number of nitro benzene ring substituents is 1. The summed E-state index contributed by atoms with van der Waals surface area (Å²) in [7, 11) is 4.53. The van der Waals surface area contributed by atoms with E-state index in [0.29, 0.717) is 28.4 Å². The molecule has 35 heavy (non-hydrogen) atoms. The highest BCUT2D eigenvalue weighted by Gasteiger charge is 2.23. The fraction of sp³-hybridized carbons (Fsp3) is 0.115. The highest BCUT2D eigenvalue weighted by atomic mass is 16.6. The highest BCUT2D eigenvalue weighted by Crippen LogP contribution is 2.42. The lowest BCUT2D eigenvalue weighted by atomic mass is 10.00. The predicted molar refractivity (Wildman–Crippen MR) is 131 cm³/mol. The van der Waals surface area contributed by atoms with Crippen molar-refractivity contribution in [3.8, 4) is 34.3 Å². The molecule has 178 valence electrons. The molecule has 0 aliphatic heterocycles. The summed E-state index contributed by atoms with van der Waals surface area (Å²) in [6.07, 6.45) is 3.60. The summed E-state index contributed by atoms with van der Waals surface area (Å²) >= 11 is 0. The van der Waals surface area contributed by atoms with Crippen LogP contribution < -0.4 is 19.6 Å². The minimum Gasteiger partial charge on any atom is -0.502 e. The van der Waals surface area contributed by atoms with Gasteiger partial charge in [-0.05, 0) is 35.4 Å². The van der Waals surface area contributed by atoms with Crippen molar-refractivity contribution >= 4 is 28.8 Å². The summed E-state index contributed by atoms with van der Waals surface area (Å²) in [6.45, 7) is 0. The highest BCUT2D eigenvalue weighted by molar-refractivity contribution is 5.89. The van der Waals surface area contributed by atoms with Crippen molar-refractivity contribution in [1.82, 2.24) is 0 Å².